The minimum atomic E-state index is -0.464. The van der Waals surface area contributed by atoms with Crippen LogP contribution in [-0.4, -0.2) is 37.1 Å². The van der Waals surface area contributed by atoms with Crippen molar-refractivity contribution in [2.75, 3.05) is 25.2 Å². The third-order valence-corrected chi connectivity index (χ3v) is 5.90. The van der Waals surface area contributed by atoms with E-state index in [9.17, 15) is 9.90 Å². The van der Waals surface area contributed by atoms with Gasteiger partial charge in [-0.2, -0.15) is 0 Å². The van der Waals surface area contributed by atoms with E-state index in [0.29, 0.717) is 24.7 Å². The first-order valence-electron chi connectivity index (χ1n) is 10.3. The maximum Gasteiger partial charge on any atom is 0.413 e. The van der Waals surface area contributed by atoms with E-state index in [0.717, 1.165) is 46.5 Å². The van der Waals surface area contributed by atoms with E-state index in [4.69, 9.17) is 14.2 Å². The number of rotatable bonds is 5. The van der Waals surface area contributed by atoms with Gasteiger partial charge in [-0.25, -0.2) is 4.79 Å². The lowest BCUT2D eigenvalue weighted by molar-refractivity contribution is 0.0166. The smallest absolute Gasteiger partial charge is 0.413 e. The first-order chi connectivity index (χ1) is 14.2. The number of phenolic OH excluding ortho intramolecular Hbond substituents is 1. The highest BCUT2D eigenvalue weighted by Gasteiger charge is 2.35. The number of anilines is 1. The highest BCUT2D eigenvalue weighted by atomic mass is 16.6. The number of nitrogens with zero attached hydrogens (tertiary/aromatic N) is 1. The summed E-state index contributed by atoms with van der Waals surface area (Å²) in [5.74, 6) is 1.94. The summed E-state index contributed by atoms with van der Waals surface area (Å²) in [5, 5.41) is 10.3. The Morgan fingerprint density at radius 2 is 1.83 bits per heavy atom. The molecule has 0 spiro atoms. The summed E-state index contributed by atoms with van der Waals surface area (Å²) in [7, 11) is 1.67. The average molecular weight is 414 g/mol. The van der Waals surface area contributed by atoms with E-state index in [1.165, 1.54) is 4.90 Å². The van der Waals surface area contributed by atoms with Gasteiger partial charge >= 0.3 is 6.09 Å². The van der Waals surface area contributed by atoms with Crippen LogP contribution in [0.2, 0.25) is 0 Å². The molecule has 2 aromatic rings. The number of fused-ring (bicyclic) bond motifs is 1. The van der Waals surface area contributed by atoms with Gasteiger partial charge < -0.3 is 19.3 Å². The second-order valence-electron chi connectivity index (χ2n) is 8.12. The standard InChI is InChI=1S/C24H31NO5/c1-7-28-23(27)25(6)18-8-10-19(11-9-18)29-14-24(5)13-12-20-17(4)21(26)15(2)16(3)22(20)30-24/h8-11,26H,7,12-14H2,1-6H3. The molecule has 0 aliphatic carbocycles. The Bertz CT molecular complexity index is 938. The van der Waals surface area contributed by atoms with Gasteiger partial charge in [0.05, 0.1) is 6.61 Å². The number of benzene rings is 2. The summed E-state index contributed by atoms with van der Waals surface area (Å²) in [6.45, 7) is 10.4. The monoisotopic (exact) mass is 413 g/mol. The predicted molar refractivity (Wildman–Crippen MR) is 117 cm³/mol. The van der Waals surface area contributed by atoms with E-state index in [2.05, 4.69) is 6.92 Å². The molecule has 6 heteroatoms. The summed E-state index contributed by atoms with van der Waals surface area (Å²) in [6, 6.07) is 7.32. The first kappa shape index (κ1) is 21.8. The van der Waals surface area contributed by atoms with Gasteiger partial charge in [0.15, 0.2) is 0 Å². The Hall–Kier alpha value is -2.89. The zero-order valence-electron chi connectivity index (χ0n) is 18.7. The topological polar surface area (TPSA) is 68.2 Å². The number of carbonyl (C=O) groups is 1. The average Bonchev–Trinajstić information content (AvgIpc) is 2.75. The molecule has 6 nitrogen and oxygen atoms in total. The van der Waals surface area contributed by atoms with E-state index < -0.39 is 5.60 Å². The van der Waals surface area contributed by atoms with Crippen molar-refractivity contribution in [3.8, 4) is 17.2 Å². The van der Waals surface area contributed by atoms with E-state index >= 15 is 0 Å². The Kier molecular flexibility index (Phi) is 6.15. The van der Waals surface area contributed by atoms with Crippen molar-refractivity contribution in [2.24, 2.45) is 0 Å². The molecule has 3 rings (SSSR count). The van der Waals surface area contributed by atoms with Crippen molar-refractivity contribution in [1.82, 2.24) is 0 Å². The Morgan fingerprint density at radius 1 is 1.17 bits per heavy atom. The van der Waals surface area contributed by atoms with Crippen LogP contribution in [0.1, 0.15) is 42.5 Å². The van der Waals surface area contributed by atoms with Crippen molar-refractivity contribution in [2.45, 2.75) is 53.1 Å². The molecule has 1 aliphatic heterocycles. The molecular weight excluding hydrogens is 382 g/mol. The zero-order valence-corrected chi connectivity index (χ0v) is 18.7. The highest BCUT2D eigenvalue weighted by Crippen LogP contribution is 2.43. The van der Waals surface area contributed by atoms with Crippen LogP contribution in [-0.2, 0) is 11.2 Å². The lowest BCUT2D eigenvalue weighted by Gasteiger charge is -2.37. The fourth-order valence-electron chi connectivity index (χ4n) is 3.72. The normalized spacial score (nSPS) is 17.7. The summed E-state index contributed by atoms with van der Waals surface area (Å²) in [6.07, 6.45) is 1.24. The van der Waals surface area contributed by atoms with Crippen LogP contribution in [0.4, 0.5) is 10.5 Å². The fraction of sp³-hybridized carbons (Fsp3) is 0.458. The van der Waals surface area contributed by atoms with Crippen LogP contribution in [0, 0.1) is 20.8 Å². The van der Waals surface area contributed by atoms with Crippen molar-refractivity contribution in [3.63, 3.8) is 0 Å². The van der Waals surface area contributed by atoms with Crippen LogP contribution >= 0.6 is 0 Å². The van der Waals surface area contributed by atoms with Crippen molar-refractivity contribution >= 4 is 11.8 Å². The molecule has 1 amide bonds. The minimum absolute atomic E-state index is 0.338. The lowest BCUT2D eigenvalue weighted by Crippen LogP contribution is -2.42. The van der Waals surface area contributed by atoms with Gasteiger partial charge in [-0.3, -0.25) is 4.90 Å². The van der Waals surface area contributed by atoms with Crippen LogP contribution in [0.25, 0.3) is 0 Å². The summed E-state index contributed by atoms with van der Waals surface area (Å²) >= 11 is 0. The molecule has 2 aromatic carbocycles. The molecule has 1 heterocycles. The molecule has 0 saturated heterocycles. The summed E-state index contributed by atoms with van der Waals surface area (Å²) in [5.41, 5.74) is 4.09. The lowest BCUT2D eigenvalue weighted by atomic mass is 9.87. The fourth-order valence-corrected chi connectivity index (χ4v) is 3.72. The molecule has 0 saturated carbocycles. The van der Waals surface area contributed by atoms with Gasteiger partial charge in [-0.05, 0) is 88.4 Å². The SMILES string of the molecule is CCOC(=O)N(C)c1ccc(OCC2(C)CCc3c(C)c(O)c(C)c(C)c3O2)cc1. The second-order valence-corrected chi connectivity index (χ2v) is 8.12. The third kappa shape index (κ3) is 4.18. The van der Waals surface area contributed by atoms with Crippen molar-refractivity contribution in [3.05, 3.63) is 46.5 Å². The zero-order chi connectivity index (χ0) is 22.1. The molecule has 0 fully saturated rings. The Labute approximate surface area is 178 Å². The Balaban J connectivity index is 1.69. The van der Waals surface area contributed by atoms with Crippen molar-refractivity contribution in [1.29, 1.82) is 0 Å². The number of carbonyl (C=O) groups excluding carboxylic acids is 1. The number of aromatic hydroxyl groups is 1. The minimum Gasteiger partial charge on any atom is -0.507 e. The number of amides is 1. The van der Waals surface area contributed by atoms with E-state index in [-0.39, 0.29) is 6.09 Å². The molecule has 1 atom stereocenters. The Morgan fingerprint density at radius 3 is 2.47 bits per heavy atom. The largest absolute Gasteiger partial charge is 0.507 e. The van der Waals surface area contributed by atoms with Crippen LogP contribution in [0.3, 0.4) is 0 Å². The first-order valence-corrected chi connectivity index (χ1v) is 10.3. The highest BCUT2D eigenvalue weighted by molar-refractivity contribution is 5.86. The van der Waals surface area contributed by atoms with Crippen molar-refractivity contribution < 1.29 is 24.1 Å². The molecule has 0 radical (unpaired) electrons. The number of ether oxygens (including phenoxy) is 3. The molecule has 1 unspecified atom stereocenters. The van der Waals surface area contributed by atoms with Gasteiger partial charge in [0.1, 0.15) is 29.5 Å². The molecule has 0 aromatic heterocycles. The van der Waals surface area contributed by atoms with Gasteiger partial charge in [-0.15, -0.1) is 0 Å². The number of hydrogen-bond donors (Lipinski definition) is 1. The van der Waals surface area contributed by atoms with Crippen LogP contribution in [0.5, 0.6) is 17.2 Å². The van der Waals surface area contributed by atoms with Gasteiger partial charge in [0.2, 0.25) is 0 Å². The molecule has 1 N–H and O–H groups in total. The van der Waals surface area contributed by atoms with Gasteiger partial charge in [0.25, 0.3) is 0 Å². The van der Waals surface area contributed by atoms with Gasteiger partial charge in [0, 0.05) is 18.3 Å². The van der Waals surface area contributed by atoms with Crippen LogP contribution < -0.4 is 14.4 Å². The maximum atomic E-state index is 11.8. The third-order valence-electron chi connectivity index (χ3n) is 5.90. The predicted octanol–water partition coefficient (Wildman–Crippen LogP) is 5.07. The molecule has 30 heavy (non-hydrogen) atoms. The number of phenols is 1. The second kappa shape index (κ2) is 8.46. The summed E-state index contributed by atoms with van der Waals surface area (Å²) < 4.78 is 17.4. The molecule has 1 aliphatic rings. The molecule has 0 bridgehead atoms. The van der Waals surface area contributed by atoms with E-state index in [1.54, 1.807) is 14.0 Å². The van der Waals surface area contributed by atoms with Gasteiger partial charge in [-0.1, -0.05) is 0 Å². The quantitative estimate of drug-likeness (QED) is 0.741. The maximum absolute atomic E-state index is 11.8. The number of hydrogen-bond acceptors (Lipinski definition) is 5. The molecule has 162 valence electrons. The molecular formula is C24H31NO5. The summed E-state index contributed by atoms with van der Waals surface area (Å²) in [4.78, 5) is 13.3. The van der Waals surface area contributed by atoms with Crippen LogP contribution in [0.15, 0.2) is 24.3 Å². The van der Waals surface area contributed by atoms with E-state index in [1.807, 2.05) is 45.0 Å².